The maximum atomic E-state index is 12.1. The van der Waals surface area contributed by atoms with Crippen LogP contribution in [0.3, 0.4) is 0 Å². The predicted molar refractivity (Wildman–Crippen MR) is 83.3 cm³/mol. The first-order valence-electron chi connectivity index (χ1n) is 5.79. The van der Waals surface area contributed by atoms with Gasteiger partial charge in [-0.25, -0.2) is 0 Å². The number of halogens is 3. The van der Waals surface area contributed by atoms with E-state index in [2.05, 4.69) is 15.9 Å². The smallest absolute Gasteiger partial charge is 0.163 e. The van der Waals surface area contributed by atoms with Gasteiger partial charge in [-0.15, -0.1) is 0 Å². The second-order valence-electron chi connectivity index (χ2n) is 4.18. The van der Waals surface area contributed by atoms with Gasteiger partial charge in [-0.1, -0.05) is 51.3 Å². The highest BCUT2D eigenvalue weighted by molar-refractivity contribution is 9.10. The van der Waals surface area contributed by atoms with Crippen molar-refractivity contribution in [3.05, 3.63) is 68.1 Å². The number of rotatable bonds is 4. The molecule has 2 aromatic carbocycles. The second-order valence-corrected chi connectivity index (χ2v) is 5.91. The molecule has 0 bridgehead atoms. The van der Waals surface area contributed by atoms with Gasteiger partial charge >= 0.3 is 0 Å². The fraction of sp³-hybridized carbons (Fsp3) is 0.133. The Balaban J connectivity index is 2.03. The van der Waals surface area contributed by atoms with Crippen molar-refractivity contribution in [2.45, 2.75) is 12.8 Å². The third-order valence-corrected chi connectivity index (χ3v) is 4.00. The molecule has 0 saturated carbocycles. The van der Waals surface area contributed by atoms with Crippen molar-refractivity contribution in [1.82, 2.24) is 0 Å². The fourth-order valence-electron chi connectivity index (χ4n) is 1.76. The first-order valence-corrected chi connectivity index (χ1v) is 7.34. The summed E-state index contributed by atoms with van der Waals surface area (Å²) < 4.78 is 1.02. The van der Waals surface area contributed by atoms with Gasteiger partial charge < -0.3 is 0 Å². The summed E-state index contributed by atoms with van der Waals surface area (Å²) >= 11 is 15.1. The van der Waals surface area contributed by atoms with E-state index in [0.717, 1.165) is 10.0 Å². The van der Waals surface area contributed by atoms with Crippen LogP contribution < -0.4 is 0 Å². The standard InChI is InChI=1S/C15H11BrCl2O/c16-12-3-1-2-10(8-12)4-7-15(19)11-5-6-13(17)14(18)9-11/h1-3,5-6,8-9H,4,7H2. The summed E-state index contributed by atoms with van der Waals surface area (Å²) in [6, 6.07) is 12.9. The lowest BCUT2D eigenvalue weighted by molar-refractivity contribution is 0.0983. The van der Waals surface area contributed by atoms with Crippen molar-refractivity contribution in [2.75, 3.05) is 0 Å². The minimum Gasteiger partial charge on any atom is -0.294 e. The summed E-state index contributed by atoms with van der Waals surface area (Å²) in [5.41, 5.74) is 1.73. The highest BCUT2D eigenvalue weighted by Crippen LogP contribution is 2.23. The number of hydrogen-bond donors (Lipinski definition) is 0. The normalized spacial score (nSPS) is 10.5. The highest BCUT2D eigenvalue weighted by atomic mass is 79.9. The highest BCUT2D eigenvalue weighted by Gasteiger charge is 2.08. The first-order chi connectivity index (χ1) is 9.06. The number of ketones is 1. The SMILES string of the molecule is O=C(CCc1cccc(Br)c1)c1ccc(Cl)c(Cl)c1. The first kappa shape index (κ1) is 14.6. The summed E-state index contributed by atoms with van der Waals surface area (Å²) in [6.07, 6.45) is 1.16. The average Bonchev–Trinajstić information content (AvgIpc) is 2.39. The van der Waals surface area contributed by atoms with Crippen LogP contribution in [0, 0.1) is 0 Å². The van der Waals surface area contributed by atoms with Crippen LogP contribution in [0.5, 0.6) is 0 Å². The Morgan fingerprint density at radius 1 is 1.05 bits per heavy atom. The van der Waals surface area contributed by atoms with E-state index < -0.39 is 0 Å². The minimum absolute atomic E-state index is 0.0681. The second kappa shape index (κ2) is 6.56. The maximum Gasteiger partial charge on any atom is 0.163 e. The molecule has 0 aromatic heterocycles. The van der Waals surface area contributed by atoms with Crippen LogP contribution in [0.1, 0.15) is 22.3 Å². The van der Waals surface area contributed by atoms with Gasteiger partial charge in [0.25, 0.3) is 0 Å². The summed E-state index contributed by atoms with van der Waals surface area (Å²) in [4.78, 5) is 12.1. The van der Waals surface area contributed by atoms with Gasteiger partial charge in [-0.3, -0.25) is 4.79 Å². The van der Waals surface area contributed by atoms with Gasteiger partial charge in [-0.05, 0) is 42.3 Å². The quantitative estimate of drug-likeness (QED) is 0.653. The van der Waals surface area contributed by atoms with Crippen molar-refractivity contribution in [2.24, 2.45) is 0 Å². The maximum absolute atomic E-state index is 12.1. The molecular weight excluding hydrogens is 347 g/mol. The third kappa shape index (κ3) is 4.07. The van der Waals surface area contributed by atoms with Gasteiger partial charge in [0.15, 0.2) is 5.78 Å². The Morgan fingerprint density at radius 3 is 2.53 bits per heavy atom. The van der Waals surface area contributed by atoms with Crippen LogP contribution in [0.2, 0.25) is 10.0 Å². The number of aryl methyl sites for hydroxylation is 1. The lowest BCUT2D eigenvalue weighted by Gasteiger charge is -2.04. The molecule has 0 fully saturated rings. The van der Waals surface area contributed by atoms with E-state index in [-0.39, 0.29) is 5.78 Å². The third-order valence-electron chi connectivity index (χ3n) is 2.77. The Hall–Kier alpha value is -0.830. The molecule has 0 radical (unpaired) electrons. The number of carbonyl (C=O) groups excluding carboxylic acids is 1. The number of hydrogen-bond acceptors (Lipinski definition) is 1. The van der Waals surface area contributed by atoms with Gasteiger partial charge in [0.2, 0.25) is 0 Å². The Bertz CT molecular complexity index is 611. The molecule has 98 valence electrons. The topological polar surface area (TPSA) is 17.1 Å². The van der Waals surface area contributed by atoms with Crippen LogP contribution in [0.4, 0.5) is 0 Å². The summed E-state index contributed by atoms with van der Waals surface area (Å²) in [5, 5.41) is 0.875. The average molecular weight is 358 g/mol. The van der Waals surface area contributed by atoms with Crippen molar-refractivity contribution in [3.63, 3.8) is 0 Å². The van der Waals surface area contributed by atoms with Crippen molar-refractivity contribution in [1.29, 1.82) is 0 Å². The predicted octanol–water partition coefficient (Wildman–Crippen LogP) is 5.57. The molecular formula is C15H11BrCl2O. The van der Waals surface area contributed by atoms with Crippen LogP contribution in [0.25, 0.3) is 0 Å². The Morgan fingerprint density at radius 2 is 1.84 bits per heavy atom. The van der Waals surface area contributed by atoms with Crippen LogP contribution >= 0.6 is 39.1 Å². The molecule has 19 heavy (non-hydrogen) atoms. The molecule has 0 aliphatic heterocycles. The van der Waals surface area contributed by atoms with Gasteiger partial charge in [0, 0.05) is 16.5 Å². The van der Waals surface area contributed by atoms with E-state index >= 15 is 0 Å². The molecule has 2 aromatic rings. The Labute approximate surface area is 130 Å². The summed E-state index contributed by atoms with van der Waals surface area (Å²) in [7, 11) is 0. The van der Waals surface area contributed by atoms with E-state index in [4.69, 9.17) is 23.2 Å². The molecule has 0 spiro atoms. The molecule has 0 unspecified atom stereocenters. The number of Topliss-reactive ketones (excluding diaryl/α,β-unsaturated/α-hetero) is 1. The molecule has 4 heteroatoms. The van der Waals surface area contributed by atoms with Gasteiger partial charge in [0.05, 0.1) is 10.0 Å². The van der Waals surface area contributed by atoms with E-state index in [1.165, 1.54) is 0 Å². The molecule has 0 aliphatic carbocycles. The molecule has 0 N–H and O–H groups in total. The monoisotopic (exact) mass is 356 g/mol. The lowest BCUT2D eigenvalue weighted by Crippen LogP contribution is -2.01. The molecule has 0 amide bonds. The number of carbonyl (C=O) groups is 1. The zero-order valence-electron chi connectivity index (χ0n) is 10.00. The van der Waals surface area contributed by atoms with E-state index in [0.29, 0.717) is 28.5 Å². The van der Waals surface area contributed by atoms with Gasteiger partial charge in [0.1, 0.15) is 0 Å². The van der Waals surface area contributed by atoms with E-state index in [1.807, 2.05) is 24.3 Å². The van der Waals surface area contributed by atoms with E-state index in [1.54, 1.807) is 18.2 Å². The van der Waals surface area contributed by atoms with Crippen molar-refractivity contribution in [3.8, 4) is 0 Å². The Kier molecular flexibility index (Phi) is 5.03. The molecule has 1 nitrogen and oxygen atoms in total. The van der Waals surface area contributed by atoms with E-state index in [9.17, 15) is 4.79 Å². The van der Waals surface area contributed by atoms with Crippen molar-refractivity contribution < 1.29 is 4.79 Å². The fourth-order valence-corrected chi connectivity index (χ4v) is 2.51. The summed E-state index contributed by atoms with van der Waals surface area (Å²) in [6.45, 7) is 0. The lowest BCUT2D eigenvalue weighted by atomic mass is 10.0. The van der Waals surface area contributed by atoms with Crippen molar-refractivity contribution >= 4 is 44.9 Å². The molecule has 0 saturated heterocycles. The molecule has 0 heterocycles. The molecule has 0 atom stereocenters. The van der Waals surface area contributed by atoms with Crippen LogP contribution in [-0.4, -0.2) is 5.78 Å². The number of benzene rings is 2. The summed E-state index contributed by atoms with van der Waals surface area (Å²) in [5.74, 6) is 0.0681. The molecule has 2 rings (SSSR count). The zero-order chi connectivity index (χ0) is 13.8. The molecule has 0 aliphatic rings. The largest absolute Gasteiger partial charge is 0.294 e. The van der Waals surface area contributed by atoms with Crippen LogP contribution in [0.15, 0.2) is 46.9 Å². The van der Waals surface area contributed by atoms with Crippen LogP contribution in [-0.2, 0) is 6.42 Å². The van der Waals surface area contributed by atoms with Gasteiger partial charge in [-0.2, -0.15) is 0 Å². The minimum atomic E-state index is 0.0681. The zero-order valence-corrected chi connectivity index (χ0v) is 13.1.